The number of nitrogens with zero attached hydrogens (tertiary/aromatic N) is 4. The molecule has 2 fully saturated rings. The molecule has 11 nitrogen and oxygen atoms in total. The van der Waals surface area contributed by atoms with E-state index in [-0.39, 0.29) is 37.7 Å². The zero-order chi connectivity index (χ0) is 27.5. The van der Waals surface area contributed by atoms with Crippen LogP contribution in [0.4, 0.5) is 4.79 Å². The minimum absolute atomic E-state index is 0.0189. The minimum Gasteiger partial charge on any atom is -0.497 e. The van der Waals surface area contributed by atoms with E-state index in [0.29, 0.717) is 31.7 Å². The number of methoxy groups -OCH3 is 1. The van der Waals surface area contributed by atoms with E-state index in [9.17, 15) is 14.4 Å². The standard InChI is InChI=1S/C28H35N5O6/c1-4-5-22-27(35)31(15-20-8-12-23-24(13-9-20)39-18-38-23)16-25-32(22)26(34)17-30(2)33(25)28(36)29-14-19-6-10-21(37-3)11-7-19/h6-12,22,25H,4-5,13-18H2,1-3H3,(H,29,36)/t22-,25?/m0/s1. The van der Waals surface area contributed by atoms with Crippen LogP contribution >= 0.6 is 0 Å². The number of urea groups is 1. The van der Waals surface area contributed by atoms with Gasteiger partial charge in [-0.3, -0.25) is 9.59 Å². The Kier molecular flexibility index (Phi) is 7.78. The number of allylic oxidation sites excluding steroid dienone is 2. The van der Waals surface area contributed by atoms with Crippen molar-refractivity contribution in [2.75, 3.05) is 40.6 Å². The SMILES string of the molecule is CCC[C@H]1C(=O)N(CC2=CCC3=C(C=C2)OCO3)CC2N1C(=O)CN(C)N2C(=O)NCc1ccc(OC)cc1. The van der Waals surface area contributed by atoms with Crippen LogP contribution in [-0.4, -0.2) is 90.5 Å². The van der Waals surface area contributed by atoms with Gasteiger partial charge >= 0.3 is 6.03 Å². The normalized spacial score (nSPS) is 23.1. The second-order valence-electron chi connectivity index (χ2n) is 9.98. The van der Waals surface area contributed by atoms with Crippen LogP contribution in [0.3, 0.4) is 0 Å². The maximum atomic E-state index is 13.7. The Bertz CT molecular complexity index is 1210. The van der Waals surface area contributed by atoms with Crippen molar-refractivity contribution in [1.29, 1.82) is 0 Å². The van der Waals surface area contributed by atoms with Crippen molar-refractivity contribution in [2.24, 2.45) is 0 Å². The molecule has 5 rings (SSSR count). The van der Waals surface area contributed by atoms with Gasteiger partial charge in [-0.2, -0.15) is 0 Å². The van der Waals surface area contributed by atoms with Gasteiger partial charge in [0, 0.05) is 26.6 Å². The van der Waals surface area contributed by atoms with Crippen molar-refractivity contribution in [3.63, 3.8) is 0 Å². The molecule has 0 aromatic heterocycles. The fraction of sp³-hybridized carbons (Fsp3) is 0.464. The van der Waals surface area contributed by atoms with Gasteiger partial charge in [-0.25, -0.2) is 14.8 Å². The van der Waals surface area contributed by atoms with E-state index in [4.69, 9.17) is 14.2 Å². The van der Waals surface area contributed by atoms with Crippen molar-refractivity contribution in [1.82, 2.24) is 25.1 Å². The first-order valence-electron chi connectivity index (χ1n) is 13.3. The van der Waals surface area contributed by atoms with Gasteiger partial charge in [0.05, 0.1) is 20.2 Å². The number of carbonyl (C=O) groups excluding carboxylic acids is 3. The third-order valence-corrected chi connectivity index (χ3v) is 7.41. The summed E-state index contributed by atoms with van der Waals surface area (Å²) in [6.45, 7) is 3.11. The van der Waals surface area contributed by atoms with Gasteiger partial charge in [-0.15, -0.1) is 0 Å². The van der Waals surface area contributed by atoms with Crippen molar-refractivity contribution >= 4 is 17.8 Å². The average Bonchev–Trinajstić information content (AvgIpc) is 3.30. The molecule has 0 radical (unpaired) electrons. The maximum Gasteiger partial charge on any atom is 0.334 e. The average molecular weight is 538 g/mol. The molecule has 39 heavy (non-hydrogen) atoms. The molecule has 4 aliphatic rings. The lowest BCUT2D eigenvalue weighted by Gasteiger charge is -2.54. The number of rotatable bonds is 7. The quantitative estimate of drug-likeness (QED) is 0.570. The fourth-order valence-electron chi connectivity index (χ4n) is 5.43. The molecular weight excluding hydrogens is 502 g/mol. The highest BCUT2D eigenvalue weighted by atomic mass is 16.7. The van der Waals surface area contributed by atoms with E-state index >= 15 is 0 Å². The first-order valence-corrected chi connectivity index (χ1v) is 13.3. The number of piperazine rings is 1. The van der Waals surface area contributed by atoms with Gasteiger partial charge in [-0.05, 0) is 35.8 Å². The lowest BCUT2D eigenvalue weighted by atomic mass is 10.0. The molecule has 0 spiro atoms. The van der Waals surface area contributed by atoms with Crippen LogP contribution in [-0.2, 0) is 25.6 Å². The molecule has 1 aliphatic carbocycles. The Morgan fingerprint density at radius 1 is 1.15 bits per heavy atom. The number of nitrogens with one attached hydrogen (secondary N) is 1. The molecule has 1 aromatic rings. The zero-order valence-electron chi connectivity index (χ0n) is 22.6. The molecule has 1 N–H and O–H groups in total. The summed E-state index contributed by atoms with van der Waals surface area (Å²) in [6.07, 6.45) is 7.04. The summed E-state index contributed by atoms with van der Waals surface area (Å²) in [4.78, 5) is 43.8. The minimum atomic E-state index is -0.628. The molecule has 0 bridgehead atoms. The number of likely N-dealkylation sites (N-methyl/N-ethyl adjacent to an activating group) is 1. The van der Waals surface area contributed by atoms with Gasteiger partial charge < -0.3 is 29.3 Å². The number of hydrazine groups is 1. The van der Waals surface area contributed by atoms with Crippen LogP contribution in [0.1, 0.15) is 31.7 Å². The molecule has 0 saturated carbocycles. The third-order valence-electron chi connectivity index (χ3n) is 7.41. The van der Waals surface area contributed by atoms with Gasteiger partial charge in [-0.1, -0.05) is 37.6 Å². The zero-order valence-corrected chi connectivity index (χ0v) is 22.6. The Hall–Kier alpha value is -3.99. The fourth-order valence-corrected chi connectivity index (χ4v) is 5.43. The molecule has 1 aromatic carbocycles. The Morgan fingerprint density at radius 3 is 2.69 bits per heavy atom. The van der Waals surface area contributed by atoms with E-state index < -0.39 is 12.2 Å². The molecule has 2 saturated heterocycles. The van der Waals surface area contributed by atoms with Gasteiger partial charge in [0.15, 0.2) is 5.76 Å². The summed E-state index contributed by atoms with van der Waals surface area (Å²) < 4.78 is 16.2. The summed E-state index contributed by atoms with van der Waals surface area (Å²) in [7, 11) is 3.33. The number of carbonyl (C=O) groups is 3. The van der Waals surface area contributed by atoms with E-state index in [2.05, 4.69) is 5.32 Å². The number of fused-ring (bicyclic) bond motifs is 1. The highest BCUT2D eigenvalue weighted by Crippen LogP contribution is 2.30. The van der Waals surface area contributed by atoms with Crippen LogP contribution in [0.5, 0.6) is 5.75 Å². The molecule has 4 amide bonds. The summed E-state index contributed by atoms with van der Waals surface area (Å²) in [5.74, 6) is 1.97. The largest absolute Gasteiger partial charge is 0.497 e. The van der Waals surface area contributed by atoms with Gasteiger partial charge in [0.25, 0.3) is 0 Å². The molecule has 1 unspecified atom stereocenters. The van der Waals surface area contributed by atoms with Crippen molar-refractivity contribution < 1.29 is 28.6 Å². The van der Waals surface area contributed by atoms with Crippen LogP contribution in [0.2, 0.25) is 0 Å². The number of ether oxygens (including phenoxy) is 3. The monoisotopic (exact) mass is 537 g/mol. The number of benzene rings is 1. The lowest BCUT2D eigenvalue weighted by Crippen LogP contribution is -2.76. The summed E-state index contributed by atoms with van der Waals surface area (Å²) in [6, 6.07) is 6.51. The molecule has 3 heterocycles. The summed E-state index contributed by atoms with van der Waals surface area (Å²) in [5, 5.41) is 6.19. The topological polar surface area (TPSA) is 104 Å². The van der Waals surface area contributed by atoms with Gasteiger partial charge in [0.2, 0.25) is 18.6 Å². The van der Waals surface area contributed by atoms with Crippen molar-refractivity contribution in [3.8, 4) is 5.75 Å². The first-order chi connectivity index (χ1) is 18.9. The second-order valence-corrected chi connectivity index (χ2v) is 9.98. The van der Waals surface area contributed by atoms with Crippen molar-refractivity contribution in [3.05, 3.63) is 65.1 Å². The predicted octanol–water partition coefficient (Wildman–Crippen LogP) is 2.34. The van der Waals surface area contributed by atoms with E-state index in [1.165, 1.54) is 0 Å². The number of hydrogen-bond donors (Lipinski definition) is 1. The highest BCUT2D eigenvalue weighted by Gasteiger charge is 2.50. The molecule has 3 aliphatic heterocycles. The number of amides is 4. The summed E-state index contributed by atoms with van der Waals surface area (Å²) >= 11 is 0. The van der Waals surface area contributed by atoms with Crippen molar-refractivity contribution in [2.45, 2.75) is 44.9 Å². The van der Waals surface area contributed by atoms with E-state index in [1.54, 1.807) is 34.0 Å². The smallest absolute Gasteiger partial charge is 0.334 e. The first kappa shape index (κ1) is 26.6. The lowest BCUT2D eigenvalue weighted by molar-refractivity contribution is -0.187. The molecular formula is C28H35N5O6. The Morgan fingerprint density at radius 2 is 1.95 bits per heavy atom. The van der Waals surface area contributed by atoms with Gasteiger partial charge in [0.1, 0.15) is 23.7 Å². The van der Waals surface area contributed by atoms with Crippen LogP contribution < -0.4 is 10.1 Å². The molecule has 208 valence electrons. The summed E-state index contributed by atoms with van der Waals surface area (Å²) in [5.41, 5.74) is 1.86. The third kappa shape index (κ3) is 5.44. The predicted molar refractivity (Wildman–Crippen MR) is 142 cm³/mol. The molecule has 2 atom stereocenters. The van der Waals surface area contributed by atoms with Crippen LogP contribution in [0.25, 0.3) is 0 Å². The number of hydrogen-bond acceptors (Lipinski definition) is 7. The highest BCUT2D eigenvalue weighted by molar-refractivity contribution is 5.91. The second kappa shape index (κ2) is 11.4. The Balaban J connectivity index is 1.35. The maximum absolute atomic E-state index is 13.7. The Labute approximate surface area is 228 Å². The molecule has 11 heteroatoms. The van der Waals surface area contributed by atoms with Crippen LogP contribution in [0, 0.1) is 0 Å². The van der Waals surface area contributed by atoms with Crippen LogP contribution in [0.15, 0.2) is 59.6 Å². The van der Waals surface area contributed by atoms with E-state index in [1.807, 2.05) is 49.4 Å². The van der Waals surface area contributed by atoms with E-state index in [0.717, 1.165) is 29.1 Å².